The van der Waals surface area contributed by atoms with Gasteiger partial charge in [0.2, 0.25) is 0 Å². The molecule has 148 valence electrons. The van der Waals surface area contributed by atoms with Gasteiger partial charge in [-0.2, -0.15) is 0 Å². The van der Waals surface area contributed by atoms with E-state index in [2.05, 4.69) is 0 Å². The normalized spacial score (nSPS) is 30.5. The van der Waals surface area contributed by atoms with Gasteiger partial charge in [-0.15, -0.1) is 0 Å². The van der Waals surface area contributed by atoms with Crippen molar-refractivity contribution in [2.75, 3.05) is 19.7 Å². The minimum Gasteiger partial charge on any atom is -0.387 e. The number of likely N-dealkylation sites (tertiary alicyclic amines) is 1. The second kappa shape index (κ2) is 6.43. The largest absolute Gasteiger partial charge is 0.387 e. The van der Waals surface area contributed by atoms with Gasteiger partial charge in [-0.1, -0.05) is 0 Å². The average molecular weight is 376 g/mol. The highest BCUT2D eigenvalue weighted by Gasteiger charge is 2.53. The fraction of sp³-hybridized carbons (Fsp3) is 0.700. The molecule has 1 amide bonds. The second-order valence-corrected chi connectivity index (χ2v) is 8.53. The number of aromatic nitrogens is 1. The number of rotatable bonds is 2. The highest BCUT2D eigenvalue weighted by Crippen LogP contribution is 2.40. The topological polar surface area (TPSA) is 92.0 Å². The van der Waals surface area contributed by atoms with Gasteiger partial charge >= 0.3 is 0 Å². The van der Waals surface area contributed by atoms with Crippen molar-refractivity contribution in [2.45, 2.75) is 69.3 Å². The van der Waals surface area contributed by atoms with E-state index < -0.39 is 17.3 Å². The molecule has 0 radical (unpaired) electrons. The lowest BCUT2D eigenvalue weighted by Gasteiger charge is -2.51. The van der Waals surface area contributed by atoms with E-state index in [1.165, 1.54) is 0 Å². The molecule has 2 aliphatic heterocycles. The van der Waals surface area contributed by atoms with Crippen LogP contribution in [0.4, 0.5) is 0 Å². The summed E-state index contributed by atoms with van der Waals surface area (Å²) in [7, 11) is 0. The number of nitrogens with zero attached hydrogens (tertiary/aromatic N) is 2. The number of pyridine rings is 1. The lowest BCUT2D eigenvalue weighted by molar-refractivity contribution is -0.244. The standard InChI is InChI=1S/C20H28N2O5/c1-13-5-9-22(14-3-4-14)17(24)15(13)16(23)21-10-6-20(7-11-21)18(25)19(2,26)8-12-27-20/h5,9,14,18,25-26H,3-4,6-8,10-12H2,1-2H3/t18-,19+/m0/s1. The van der Waals surface area contributed by atoms with Gasteiger partial charge in [-0.05, 0) is 51.2 Å². The number of hydrogen-bond donors (Lipinski definition) is 2. The third-order valence-electron chi connectivity index (χ3n) is 6.46. The summed E-state index contributed by atoms with van der Waals surface area (Å²) < 4.78 is 7.56. The number of carbonyl (C=O) groups excluding carboxylic acids is 1. The van der Waals surface area contributed by atoms with Gasteiger partial charge in [0.05, 0.1) is 12.2 Å². The number of amides is 1. The Morgan fingerprint density at radius 1 is 1.26 bits per heavy atom. The molecule has 1 saturated carbocycles. The average Bonchev–Trinajstić information content (AvgIpc) is 3.45. The first-order valence-electron chi connectivity index (χ1n) is 9.81. The molecular weight excluding hydrogens is 348 g/mol. The number of piperidine rings is 1. The zero-order valence-corrected chi connectivity index (χ0v) is 16.0. The van der Waals surface area contributed by atoms with Crippen LogP contribution in [0.25, 0.3) is 0 Å². The first-order valence-corrected chi connectivity index (χ1v) is 9.81. The van der Waals surface area contributed by atoms with E-state index in [1.807, 2.05) is 6.07 Å². The summed E-state index contributed by atoms with van der Waals surface area (Å²) in [6.45, 7) is 4.60. The van der Waals surface area contributed by atoms with Crippen molar-refractivity contribution in [3.05, 3.63) is 33.7 Å². The first kappa shape index (κ1) is 18.7. The van der Waals surface area contributed by atoms with Crippen molar-refractivity contribution >= 4 is 5.91 Å². The number of ether oxygens (including phenoxy) is 1. The van der Waals surface area contributed by atoms with Crippen LogP contribution in [0.15, 0.2) is 17.1 Å². The molecule has 27 heavy (non-hydrogen) atoms. The van der Waals surface area contributed by atoms with E-state index >= 15 is 0 Å². The summed E-state index contributed by atoms with van der Waals surface area (Å²) in [5, 5.41) is 21.0. The Bertz CT molecular complexity index is 803. The van der Waals surface area contributed by atoms with Crippen molar-refractivity contribution < 1.29 is 19.7 Å². The smallest absolute Gasteiger partial charge is 0.263 e. The van der Waals surface area contributed by atoms with E-state index in [0.717, 1.165) is 12.8 Å². The van der Waals surface area contributed by atoms with Gasteiger partial charge in [0, 0.05) is 31.7 Å². The van der Waals surface area contributed by atoms with Gasteiger partial charge in [-0.3, -0.25) is 9.59 Å². The van der Waals surface area contributed by atoms with Crippen LogP contribution in [0.5, 0.6) is 0 Å². The molecule has 7 nitrogen and oxygen atoms in total. The van der Waals surface area contributed by atoms with Crippen LogP contribution < -0.4 is 5.56 Å². The molecule has 3 fully saturated rings. The number of aryl methyl sites for hydroxylation is 1. The number of aliphatic hydroxyl groups is 2. The molecule has 2 N–H and O–H groups in total. The summed E-state index contributed by atoms with van der Waals surface area (Å²) in [6.07, 6.45) is 4.04. The Hall–Kier alpha value is -1.70. The maximum Gasteiger partial charge on any atom is 0.263 e. The molecule has 0 bridgehead atoms. The van der Waals surface area contributed by atoms with Crippen molar-refractivity contribution in [3.63, 3.8) is 0 Å². The zero-order chi connectivity index (χ0) is 19.4. The first-order chi connectivity index (χ1) is 12.8. The second-order valence-electron chi connectivity index (χ2n) is 8.53. The molecule has 4 rings (SSSR count). The van der Waals surface area contributed by atoms with Crippen molar-refractivity contribution in [3.8, 4) is 0 Å². The van der Waals surface area contributed by atoms with E-state index in [0.29, 0.717) is 44.5 Å². The molecule has 1 aromatic heterocycles. The SMILES string of the molecule is Cc1ccn(C2CC2)c(=O)c1C(=O)N1CCC2(CC1)OCC[C@@](C)(O)[C@@H]2O. The molecule has 3 heterocycles. The third kappa shape index (κ3) is 3.11. The summed E-state index contributed by atoms with van der Waals surface area (Å²) in [5.74, 6) is -0.251. The van der Waals surface area contributed by atoms with Crippen LogP contribution in [-0.4, -0.2) is 62.6 Å². The van der Waals surface area contributed by atoms with Crippen LogP contribution in [0.1, 0.15) is 61.0 Å². The van der Waals surface area contributed by atoms with E-state index in [1.54, 1.807) is 29.5 Å². The molecule has 1 aromatic rings. The fourth-order valence-electron chi connectivity index (χ4n) is 4.45. The molecule has 2 saturated heterocycles. The molecule has 2 atom stereocenters. The molecule has 7 heteroatoms. The van der Waals surface area contributed by atoms with Crippen molar-refractivity contribution in [2.24, 2.45) is 0 Å². The maximum absolute atomic E-state index is 13.1. The van der Waals surface area contributed by atoms with Crippen LogP contribution in [0, 0.1) is 6.92 Å². The number of carbonyl (C=O) groups is 1. The predicted octanol–water partition coefficient (Wildman–Crippen LogP) is 0.999. The minimum atomic E-state index is -1.18. The van der Waals surface area contributed by atoms with Crippen LogP contribution in [0.2, 0.25) is 0 Å². The highest BCUT2D eigenvalue weighted by molar-refractivity contribution is 5.95. The molecule has 0 aromatic carbocycles. The Kier molecular flexibility index (Phi) is 4.44. The Morgan fingerprint density at radius 3 is 2.56 bits per heavy atom. The lowest BCUT2D eigenvalue weighted by atomic mass is 9.75. The summed E-state index contributed by atoms with van der Waals surface area (Å²) in [6, 6.07) is 2.06. The van der Waals surface area contributed by atoms with Gasteiger partial charge in [-0.25, -0.2) is 0 Å². The highest BCUT2D eigenvalue weighted by atomic mass is 16.5. The van der Waals surface area contributed by atoms with Crippen molar-refractivity contribution in [1.82, 2.24) is 9.47 Å². The molecule has 1 spiro atoms. The summed E-state index contributed by atoms with van der Waals surface area (Å²) in [5.41, 5.74) is -1.27. The number of hydrogen-bond acceptors (Lipinski definition) is 5. The zero-order valence-electron chi connectivity index (χ0n) is 16.0. The van der Waals surface area contributed by atoms with E-state index in [-0.39, 0.29) is 23.1 Å². The van der Waals surface area contributed by atoms with E-state index in [9.17, 15) is 19.8 Å². The van der Waals surface area contributed by atoms with Crippen LogP contribution in [-0.2, 0) is 4.74 Å². The molecule has 0 unspecified atom stereocenters. The van der Waals surface area contributed by atoms with Crippen molar-refractivity contribution in [1.29, 1.82) is 0 Å². The Labute approximate surface area is 158 Å². The van der Waals surface area contributed by atoms with Gasteiger partial charge in [0.1, 0.15) is 17.3 Å². The predicted molar refractivity (Wildman–Crippen MR) is 98.8 cm³/mol. The minimum absolute atomic E-state index is 0.209. The Morgan fingerprint density at radius 2 is 1.93 bits per heavy atom. The van der Waals surface area contributed by atoms with Crippen LogP contribution >= 0.6 is 0 Å². The quantitative estimate of drug-likeness (QED) is 0.803. The van der Waals surface area contributed by atoms with Gasteiger partial charge in [0.15, 0.2) is 0 Å². The molecule has 3 aliphatic rings. The summed E-state index contributed by atoms with van der Waals surface area (Å²) >= 11 is 0. The van der Waals surface area contributed by atoms with Crippen LogP contribution in [0.3, 0.4) is 0 Å². The summed E-state index contributed by atoms with van der Waals surface area (Å²) in [4.78, 5) is 27.6. The third-order valence-corrected chi connectivity index (χ3v) is 6.46. The monoisotopic (exact) mass is 376 g/mol. The Balaban J connectivity index is 1.53. The van der Waals surface area contributed by atoms with Gasteiger partial charge < -0.3 is 24.4 Å². The fourth-order valence-corrected chi connectivity index (χ4v) is 4.45. The van der Waals surface area contributed by atoms with E-state index in [4.69, 9.17) is 4.74 Å². The lowest BCUT2D eigenvalue weighted by Crippen LogP contribution is -2.64. The van der Waals surface area contributed by atoms with Gasteiger partial charge in [0.25, 0.3) is 11.5 Å². The molecule has 1 aliphatic carbocycles. The molecular formula is C20H28N2O5. The maximum atomic E-state index is 13.1. The number of aliphatic hydroxyl groups excluding tert-OH is 1.